The SMILES string of the molecule is CCOCC(=O)N(Cc1cccc(N)c1)C1CC1. The third-order valence-electron chi connectivity index (χ3n) is 3.04. The predicted molar refractivity (Wildman–Crippen MR) is 70.9 cm³/mol. The van der Waals surface area contributed by atoms with Gasteiger partial charge in [-0.05, 0) is 37.5 Å². The summed E-state index contributed by atoms with van der Waals surface area (Å²) in [4.78, 5) is 13.9. The molecule has 0 aliphatic heterocycles. The highest BCUT2D eigenvalue weighted by atomic mass is 16.5. The van der Waals surface area contributed by atoms with Crippen molar-refractivity contribution in [1.29, 1.82) is 0 Å². The highest BCUT2D eigenvalue weighted by molar-refractivity contribution is 5.78. The molecule has 18 heavy (non-hydrogen) atoms. The van der Waals surface area contributed by atoms with Gasteiger partial charge >= 0.3 is 0 Å². The molecule has 1 aliphatic carbocycles. The molecule has 0 unspecified atom stereocenters. The van der Waals surface area contributed by atoms with Gasteiger partial charge in [0.2, 0.25) is 5.91 Å². The number of hydrogen-bond acceptors (Lipinski definition) is 3. The molecule has 0 radical (unpaired) electrons. The zero-order valence-corrected chi connectivity index (χ0v) is 10.8. The molecule has 4 heteroatoms. The Morgan fingerprint density at radius 1 is 1.50 bits per heavy atom. The Morgan fingerprint density at radius 2 is 2.28 bits per heavy atom. The molecule has 0 atom stereocenters. The van der Waals surface area contributed by atoms with Crippen molar-refractivity contribution in [3.8, 4) is 0 Å². The summed E-state index contributed by atoms with van der Waals surface area (Å²) >= 11 is 0. The van der Waals surface area contributed by atoms with Crippen molar-refractivity contribution in [2.45, 2.75) is 32.4 Å². The second-order valence-corrected chi connectivity index (χ2v) is 4.63. The fourth-order valence-electron chi connectivity index (χ4n) is 1.97. The Morgan fingerprint density at radius 3 is 2.89 bits per heavy atom. The van der Waals surface area contributed by atoms with Crippen LogP contribution in [0.25, 0.3) is 0 Å². The van der Waals surface area contributed by atoms with Crippen LogP contribution in [0, 0.1) is 0 Å². The second-order valence-electron chi connectivity index (χ2n) is 4.63. The molecule has 1 aromatic carbocycles. The molecule has 2 rings (SSSR count). The number of amides is 1. The van der Waals surface area contributed by atoms with E-state index in [9.17, 15) is 4.79 Å². The maximum atomic E-state index is 12.0. The molecule has 98 valence electrons. The zero-order chi connectivity index (χ0) is 13.0. The number of nitrogen functional groups attached to an aromatic ring is 1. The van der Waals surface area contributed by atoms with E-state index in [0.29, 0.717) is 19.2 Å². The van der Waals surface area contributed by atoms with Crippen molar-refractivity contribution in [3.05, 3.63) is 29.8 Å². The van der Waals surface area contributed by atoms with Crippen LogP contribution in [0.4, 0.5) is 5.69 Å². The summed E-state index contributed by atoms with van der Waals surface area (Å²) < 4.78 is 5.20. The number of carbonyl (C=O) groups is 1. The number of carbonyl (C=O) groups excluding carboxylic acids is 1. The molecule has 2 N–H and O–H groups in total. The molecular weight excluding hydrogens is 228 g/mol. The molecule has 1 fully saturated rings. The first kappa shape index (κ1) is 12.9. The lowest BCUT2D eigenvalue weighted by Crippen LogP contribution is -2.35. The molecule has 1 amide bonds. The van der Waals surface area contributed by atoms with E-state index in [0.717, 1.165) is 24.1 Å². The highest BCUT2D eigenvalue weighted by Gasteiger charge is 2.32. The number of rotatable bonds is 6. The van der Waals surface area contributed by atoms with Crippen LogP contribution < -0.4 is 5.73 Å². The van der Waals surface area contributed by atoms with Crippen LogP contribution in [-0.2, 0) is 16.1 Å². The van der Waals surface area contributed by atoms with Gasteiger partial charge in [-0.3, -0.25) is 4.79 Å². The second kappa shape index (κ2) is 5.87. The smallest absolute Gasteiger partial charge is 0.249 e. The maximum absolute atomic E-state index is 12.0. The number of anilines is 1. The fraction of sp³-hybridized carbons (Fsp3) is 0.500. The number of nitrogens with zero attached hydrogens (tertiary/aromatic N) is 1. The molecule has 0 bridgehead atoms. The van der Waals surface area contributed by atoms with E-state index in [1.54, 1.807) is 0 Å². The summed E-state index contributed by atoms with van der Waals surface area (Å²) in [5.74, 6) is 0.0711. The van der Waals surface area contributed by atoms with Gasteiger partial charge in [0, 0.05) is 24.9 Å². The monoisotopic (exact) mass is 248 g/mol. The quantitative estimate of drug-likeness (QED) is 0.781. The lowest BCUT2D eigenvalue weighted by atomic mass is 10.2. The number of nitrogens with two attached hydrogens (primary N) is 1. The minimum absolute atomic E-state index is 0.0711. The number of hydrogen-bond donors (Lipinski definition) is 1. The predicted octanol–water partition coefficient (Wildman–Crippen LogP) is 1.80. The molecule has 0 aromatic heterocycles. The van der Waals surface area contributed by atoms with Gasteiger partial charge in [0.15, 0.2) is 0 Å². The standard InChI is InChI=1S/C14H20N2O2/c1-2-18-10-14(17)16(13-6-7-13)9-11-4-3-5-12(15)8-11/h3-5,8,13H,2,6-7,9-10,15H2,1H3. The van der Waals surface area contributed by atoms with Crippen LogP contribution >= 0.6 is 0 Å². The minimum Gasteiger partial charge on any atom is -0.399 e. The molecule has 1 aromatic rings. The Balaban J connectivity index is 2.00. The molecular formula is C14H20N2O2. The third kappa shape index (κ3) is 3.47. The summed E-state index contributed by atoms with van der Waals surface area (Å²) in [6, 6.07) is 8.08. The van der Waals surface area contributed by atoms with Gasteiger partial charge in [0.25, 0.3) is 0 Å². The molecule has 0 spiro atoms. The Bertz CT molecular complexity index is 416. The summed E-state index contributed by atoms with van der Waals surface area (Å²) in [6.45, 7) is 3.27. The van der Waals surface area contributed by atoms with E-state index < -0.39 is 0 Å². The van der Waals surface area contributed by atoms with Gasteiger partial charge in [-0.15, -0.1) is 0 Å². The van der Waals surface area contributed by atoms with Crippen molar-refractivity contribution in [2.75, 3.05) is 18.9 Å². The normalized spacial score (nSPS) is 14.5. The first-order valence-corrected chi connectivity index (χ1v) is 6.42. The third-order valence-corrected chi connectivity index (χ3v) is 3.04. The first-order valence-electron chi connectivity index (χ1n) is 6.42. The van der Waals surface area contributed by atoms with Crippen molar-refractivity contribution in [1.82, 2.24) is 4.90 Å². The fourth-order valence-corrected chi connectivity index (χ4v) is 1.97. The van der Waals surface area contributed by atoms with E-state index in [2.05, 4.69) is 0 Å². The van der Waals surface area contributed by atoms with Crippen molar-refractivity contribution < 1.29 is 9.53 Å². The number of ether oxygens (including phenoxy) is 1. The van der Waals surface area contributed by atoms with Crippen LogP contribution in [0.15, 0.2) is 24.3 Å². The molecule has 0 heterocycles. The number of benzene rings is 1. The van der Waals surface area contributed by atoms with Crippen molar-refractivity contribution in [3.63, 3.8) is 0 Å². The molecule has 1 saturated carbocycles. The van der Waals surface area contributed by atoms with Crippen molar-refractivity contribution >= 4 is 11.6 Å². The molecule has 1 aliphatic rings. The average Bonchev–Trinajstić information content (AvgIpc) is 3.17. The lowest BCUT2D eigenvalue weighted by Gasteiger charge is -2.22. The van der Waals surface area contributed by atoms with Gasteiger partial charge < -0.3 is 15.4 Å². The van der Waals surface area contributed by atoms with E-state index >= 15 is 0 Å². The van der Waals surface area contributed by atoms with Gasteiger partial charge in [-0.25, -0.2) is 0 Å². The summed E-state index contributed by atoms with van der Waals surface area (Å²) in [5, 5.41) is 0. The first-order chi connectivity index (χ1) is 8.70. The van der Waals surface area contributed by atoms with Crippen LogP contribution in [0.5, 0.6) is 0 Å². The van der Waals surface area contributed by atoms with Crippen molar-refractivity contribution in [2.24, 2.45) is 0 Å². The van der Waals surface area contributed by atoms with Gasteiger partial charge in [0.1, 0.15) is 6.61 Å². The molecule has 0 saturated heterocycles. The topological polar surface area (TPSA) is 55.6 Å². The lowest BCUT2D eigenvalue weighted by molar-refractivity contribution is -0.137. The van der Waals surface area contributed by atoms with Crippen LogP contribution in [0.2, 0.25) is 0 Å². The summed E-state index contributed by atoms with van der Waals surface area (Å²) in [7, 11) is 0. The van der Waals surface area contributed by atoms with E-state index in [-0.39, 0.29) is 12.5 Å². The Hall–Kier alpha value is -1.55. The summed E-state index contributed by atoms with van der Waals surface area (Å²) in [6.07, 6.45) is 2.19. The summed E-state index contributed by atoms with van der Waals surface area (Å²) in [5.41, 5.74) is 7.57. The van der Waals surface area contributed by atoms with Gasteiger partial charge in [-0.1, -0.05) is 12.1 Å². The highest BCUT2D eigenvalue weighted by Crippen LogP contribution is 2.28. The Labute approximate surface area is 108 Å². The van der Waals surface area contributed by atoms with Gasteiger partial charge in [0.05, 0.1) is 0 Å². The van der Waals surface area contributed by atoms with E-state index in [1.807, 2.05) is 36.1 Å². The molecule has 4 nitrogen and oxygen atoms in total. The van der Waals surface area contributed by atoms with Crippen LogP contribution in [0.3, 0.4) is 0 Å². The largest absolute Gasteiger partial charge is 0.399 e. The average molecular weight is 248 g/mol. The van der Waals surface area contributed by atoms with E-state index in [4.69, 9.17) is 10.5 Å². The zero-order valence-electron chi connectivity index (χ0n) is 10.8. The van der Waals surface area contributed by atoms with Gasteiger partial charge in [-0.2, -0.15) is 0 Å². The maximum Gasteiger partial charge on any atom is 0.249 e. The van der Waals surface area contributed by atoms with Crippen LogP contribution in [-0.4, -0.2) is 30.1 Å². The Kier molecular flexibility index (Phi) is 4.20. The van der Waals surface area contributed by atoms with E-state index in [1.165, 1.54) is 0 Å². The van der Waals surface area contributed by atoms with Crippen LogP contribution in [0.1, 0.15) is 25.3 Å². The minimum atomic E-state index is 0.0711.